The molecule has 7 heteroatoms. The maximum Gasteiger partial charge on any atom is 0.328 e. The molecule has 0 radical (unpaired) electrons. The maximum atomic E-state index is 11.6. The monoisotopic (exact) mass is 273 g/mol. The summed E-state index contributed by atoms with van der Waals surface area (Å²) in [5.41, 5.74) is 0.521. The summed E-state index contributed by atoms with van der Waals surface area (Å²) in [4.78, 5) is 34.1. The number of nitro benzene ring substituents is 1. The minimum atomic E-state index is -0.500. The predicted molar refractivity (Wildman–Crippen MR) is 71.5 cm³/mol. The Balaban J connectivity index is 2.21. The molecular weight excluding hydrogens is 262 g/mol. The zero-order valence-corrected chi connectivity index (χ0v) is 10.6. The van der Waals surface area contributed by atoms with Crippen LogP contribution in [0.25, 0.3) is 6.08 Å². The number of nitrogens with zero attached hydrogens (tertiary/aromatic N) is 2. The lowest BCUT2D eigenvalue weighted by molar-refractivity contribution is -0.385. The van der Waals surface area contributed by atoms with Crippen molar-refractivity contribution in [1.29, 1.82) is 0 Å². The van der Waals surface area contributed by atoms with Crippen LogP contribution in [0.4, 0.5) is 10.5 Å². The lowest BCUT2D eigenvalue weighted by atomic mass is 10.1. The molecule has 1 N–H and O–H groups in total. The molecule has 7 nitrogen and oxygen atoms in total. The maximum absolute atomic E-state index is 11.6. The normalized spacial score (nSPS) is 17.1. The van der Waals surface area contributed by atoms with Gasteiger partial charge in [0.15, 0.2) is 0 Å². The van der Waals surface area contributed by atoms with Crippen molar-refractivity contribution >= 4 is 23.7 Å². The van der Waals surface area contributed by atoms with Gasteiger partial charge in [-0.25, -0.2) is 4.79 Å². The molecule has 3 amide bonds. The van der Waals surface area contributed by atoms with Crippen LogP contribution in [-0.2, 0) is 4.79 Å². The third-order valence-corrected chi connectivity index (χ3v) is 2.75. The lowest BCUT2D eigenvalue weighted by Crippen LogP contribution is -2.25. The molecule has 102 valence electrons. The minimum Gasteiger partial charge on any atom is -0.303 e. The van der Waals surface area contributed by atoms with Gasteiger partial charge in [0, 0.05) is 13.1 Å². The number of para-hydroxylation sites is 1. The Kier molecular flexibility index (Phi) is 3.60. The largest absolute Gasteiger partial charge is 0.328 e. The summed E-state index contributed by atoms with van der Waals surface area (Å²) in [6.07, 6.45) is 4.39. The van der Waals surface area contributed by atoms with Crippen LogP contribution in [-0.4, -0.2) is 28.8 Å². The number of benzene rings is 1. The fraction of sp³-hybridized carbons (Fsp3) is 0.0769. The molecule has 0 spiro atoms. The average Bonchev–Trinajstić information content (AvgIpc) is 2.67. The third-order valence-electron chi connectivity index (χ3n) is 2.75. The highest BCUT2D eigenvalue weighted by atomic mass is 16.6. The molecule has 1 aromatic rings. The van der Waals surface area contributed by atoms with Crippen LogP contribution in [0.2, 0.25) is 0 Å². The highest BCUT2D eigenvalue weighted by molar-refractivity contribution is 6.11. The van der Waals surface area contributed by atoms with E-state index in [0.717, 1.165) is 4.90 Å². The van der Waals surface area contributed by atoms with Crippen LogP contribution in [0.1, 0.15) is 5.56 Å². The Bertz CT molecular complexity index is 649. The van der Waals surface area contributed by atoms with Gasteiger partial charge in [0.2, 0.25) is 0 Å². The molecule has 20 heavy (non-hydrogen) atoms. The van der Waals surface area contributed by atoms with Crippen LogP contribution in [0.15, 0.2) is 42.1 Å². The van der Waals surface area contributed by atoms with Crippen LogP contribution in [0, 0.1) is 10.1 Å². The first-order chi connectivity index (χ1) is 9.50. The van der Waals surface area contributed by atoms with Crippen LogP contribution in [0.5, 0.6) is 0 Å². The van der Waals surface area contributed by atoms with Gasteiger partial charge in [0.1, 0.15) is 5.70 Å². The highest BCUT2D eigenvalue weighted by Gasteiger charge is 2.29. The van der Waals surface area contributed by atoms with Crippen molar-refractivity contribution in [2.75, 3.05) is 7.05 Å². The Morgan fingerprint density at radius 1 is 1.30 bits per heavy atom. The van der Waals surface area contributed by atoms with E-state index < -0.39 is 16.9 Å². The summed E-state index contributed by atoms with van der Waals surface area (Å²) in [7, 11) is 1.37. The number of likely N-dealkylation sites (N-methyl/N-ethyl adjacent to an activating group) is 1. The van der Waals surface area contributed by atoms with Gasteiger partial charge in [-0.15, -0.1) is 0 Å². The van der Waals surface area contributed by atoms with E-state index in [9.17, 15) is 19.7 Å². The Labute approximate surface area is 114 Å². The number of carbonyl (C=O) groups is 2. The van der Waals surface area contributed by atoms with Gasteiger partial charge in [-0.05, 0) is 18.2 Å². The molecule has 0 unspecified atom stereocenters. The van der Waals surface area contributed by atoms with Gasteiger partial charge in [-0.1, -0.05) is 18.2 Å². The van der Waals surface area contributed by atoms with Gasteiger partial charge in [-0.2, -0.15) is 0 Å². The standard InChI is InChI=1S/C13H11N3O4/c1-15-12(17)10(14-13(15)18)7-4-6-9-5-2-3-8-11(9)16(19)20/h2-8H,1H3,(H,14,18)/b6-4+,10-7+. The average molecular weight is 273 g/mol. The van der Waals surface area contributed by atoms with Gasteiger partial charge in [0.05, 0.1) is 10.5 Å². The third kappa shape index (κ3) is 2.56. The first-order valence-corrected chi connectivity index (χ1v) is 5.71. The van der Waals surface area contributed by atoms with Crippen molar-refractivity contribution < 1.29 is 14.5 Å². The number of amides is 3. The molecule has 1 aromatic carbocycles. The topological polar surface area (TPSA) is 92.6 Å². The lowest BCUT2D eigenvalue weighted by Gasteiger charge is -1.99. The van der Waals surface area contributed by atoms with Gasteiger partial charge in [-0.3, -0.25) is 19.8 Å². The second-order valence-corrected chi connectivity index (χ2v) is 4.05. The number of nitro groups is 1. The zero-order valence-electron chi connectivity index (χ0n) is 10.6. The van der Waals surface area contributed by atoms with E-state index in [1.807, 2.05) is 0 Å². The summed E-state index contributed by atoms with van der Waals surface area (Å²) in [6, 6.07) is 5.73. The number of allylic oxidation sites excluding steroid dienone is 2. The van der Waals surface area contributed by atoms with E-state index in [4.69, 9.17) is 0 Å². The van der Waals surface area contributed by atoms with E-state index in [1.165, 1.54) is 31.3 Å². The molecule has 0 atom stereocenters. The van der Waals surface area contributed by atoms with Crippen molar-refractivity contribution in [1.82, 2.24) is 10.2 Å². The smallest absolute Gasteiger partial charge is 0.303 e. The molecule has 1 aliphatic rings. The summed E-state index contributed by atoms with van der Waals surface area (Å²) >= 11 is 0. The molecule has 0 aromatic heterocycles. The molecule has 1 heterocycles. The van der Waals surface area contributed by atoms with Crippen LogP contribution >= 0.6 is 0 Å². The van der Waals surface area contributed by atoms with Crippen LogP contribution in [0.3, 0.4) is 0 Å². The van der Waals surface area contributed by atoms with Crippen molar-refractivity contribution in [3.8, 4) is 0 Å². The summed E-state index contributed by atoms with van der Waals surface area (Å²) < 4.78 is 0. The zero-order chi connectivity index (χ0) is 14.7. The fourth-order valence-electron chi connectivity index (χ4n) is 1.68. The van der Waals surface area contributed by atoms with Gasteiger partial charge < -0.3 is 5.32 Å². The summed E-state index contributed by atoms with van der Waals surface area (Å²) in [5, 5.41) is 13.2. The Morgan fingerprint density at radius 3 is 2.60 bits per heavy atom. The highest BCUT2D eigenvalue weighted by Crippen LogP contribution is 2.19. The predicted octanol–water partition coefficient (Wildman–Crippen LogP) is 1.67. The molecule has 1 aliphatic heterocycles. The van der Waals surface area contributed by atoms with Crippen molar-refractivity contribution in [2.24, 2.45) is 0 Å². The van der Waals surface area contributed by atoms with Gasteiger partial charge in [0.25, 0.3) is 11.6 Å². The number of nitrogens with one attached hydrogen (secondary N) is 1. The first kappa shape index (κ1) is 13.5. The minimum absolute atomic E-state index is 0.0268. The van der Waals surface area contributed by atoms with E-state index >= 15 is 0 Å². The Morgan fingerprint density at radius 2 is 2.00 bits per heavy atom. The molecular formula is C13H11N3O4. The van der Waals surface area contributed by atoms with E-state index in [2.05, 4.69) is 5.32 Å². The molecule has 0 bridgehead atoms. The van der Waals surface area contributed by atoms with E-state index in [1.54, 1.807) is 18.2 Å². The van der Waals surface area contributed by atoms with Gasteiger partial charge >= 0.3 is 6.03 Å². The van der Waals surface area contributed by atoms with Crippen molar-refractivity contribution in [3.63, 3.8) is 0 Å². The summed E-state index contributed by atoms with van der Waals surface area (Å²) in [5.74, 6) is -0.442. The van der Waals surface area contributed by atoms with Crippen LogP contribution < -0.4 is 5.32 Å². The molecule has 0 aliphatic carbocycles. The van der Waals surface area contributed by atoms with E-state index in [0.29, 0.717) is 5.56 Å². The molecule has 1 fully saturated rings. The Hall–Kier alpha value is -2.96. The first-order valence-electron chi connectivity index (χ1n) is 5.71. The van der Waals surface area contributed by atoms with Crippen molar-refractivity contribution in [3.05, 3.63) is 57.8 Å². The number of rotatable bonds is 3. The number of urea groups is 1. The number of hydrogen-bond donors (Lipinski definition) is 1. The second-order valence-electron chi connectivity index (χ2n) is 4.05. The number of hydrogen-bond acceptors (Lipinski definition) is 4. The molecule has 2 rings (SSSR count). The quantitative estimate of drug-likeness (QED) is 0.392. The second kappa shape index (κ2) is 5.35. The number of imide groups is 1. The molecule has 0 saturated carbocycles. The fourth-order valence-corrected chi connectivity index (χ4v) is 1.68. The summed E-state index contributed by atoms with van der Waals surface area (Å²) in [6.45, 7) is 0. The molecule has 1 saturated heterocycles. The van der Waals surface area contributed by atoms with E-state index in [-0.39, 0.29) is 11.4 Å². The van der Waals surface area contributed by atoms with Crippen molar-refractivity contribution in [2.45, 2.75) is 0 Å². The SMILES string of the molecule is CN1C(=O)N/C(=C/C=C/c2ccccc2[N+](=O)[O-])C1=O. The number of carbonyl (C=O) groups excluding carboxylic acids is 2.